The standard InChI is InChI=1S/C9H13F3N2O.ClH/c10-9(11,12)8(2-3-8)7(15)14-6-1-4-13-5-6;/h6,13H,1-5H2,(H,14,15);1H/t6-;/m0./s1. The van der Waals surface area contributed by atoms with Crippen LogP contribution < -0.4 is 10.6 Å². The molecule has 2 N–H and O–H groups in total. The Kier molecular flexibility index (Phi) is 3.74. The average molecular weight is 259 g/mol. The fourth-order valence-electron chi connectivity index (χ4n) is 1.87. The second-order valence-corrected chi connectivity index (χ2v) is 4.24. The van der Waals surface area contributed by atoms with Gasteiger partial charge in [-0.1, -0.05) is 0 Å². The molecule has 1 aliphatic heterocycles. The smallest absolute Gasteiger partial charge is 0.351 e. The molecule has 2 rings (SSSR count). The molecule has 0 aromatic heterocycles. The van der Waals surface area contributed by atoms with Crippen molar-refractivity contribution in [1.29, 1.82) is 0 Å². The topological polar surface area (TPSA) is 41.1 Å². The van der Waals surface area contributed by atoms with E-state index in [1.54, 1.807) is 0 Å². The van der Waals surface area contributed by atoms with Gasteiger partial charge in [-0.2, -0.15) is 13.2 Å². The minimum Gasteiger partial charge on any atom is -0.351 e. The normalized spacial score (nSPS) is 27.1. The summed E-state index contributed by atoms with van der Waals surface area (Å²) in [6.07, 6.45) is -3.83. The molecule has 1 aliphatic carbocycles. The van der Waals surface area contributed by atoms with E-state index in [-0.39, 0.29) is 31.3 Å². The molecule has 0 unspecified atom stereocenters. The largest absolute Gasteiger partial charge is 0.403 e. The van der Waals surface area contributed by atoms with Gasteiger partial charge in [-0.25, -0.2) is 0 Å². The zero-order valence-electron chi connectivity index (χ0n) is 8.56. The van der Waals surface area contributed by atoms with Crippen LogP contribution in [0, 0.1) is 5.41 Å². The molecular formula is C9H14ClF3N2O. The van der Waals surface area contributed by atoms with Gasteiger partial charge in [0, 0.05) is 12.6 Å². The van der Waals surface area contributed by atoms with Crippen LogP contribution in [0.4, 0.5) is 13.2 Å². The number of carbonyl (C=O) groups is 1. The molecule has 2 fully saturated rings. The maximum Gasteiger partial charge on any atom is 0.403 e. The van der Waals surface area contributed by atoms with Gasteiger partial charge in [-0.15, -0.1) is 12.4 Å². The van der Waals surface area contributed by atoms with Crippen LogP contribution in [0.3, 0.4) is 0 Å². The summed E-state index contributed by atoms with van der Waals surface area (Å²) in [4.78, 5) is 11.5. The fraction of sp³-hybridized carbons (Fsp3) is 0.889. The number of rotatable bonds is 2. The van der Waals surface area contributed by atoms with E-state index in [2.05, 4.69) is 10.6 Å². The molecule has 0 radical (unpaired) electrons. The number of halogens is 4. The minimum absolute atomic E-state index is 0. The minimum atomic E-state index is -4.40. The highest BCUT2D eigenvalue weighted by molar-refractivity contribution is 5.86. The van der Waals surface area contributed by atoms with Crippen LogP contribution in [0.5, 0.6) is 0 Å². The van der Waals surface area contributed by atoms with Crippen molar-refractivity contribution in [2.75, 3.05) is 13.1 Å². The Balaban J connectivity index is 0.00000128. The van der Waals surface area contributed by atoms with Crippen LogP contribution >= 0.6 is 12.4 Å². The third kappa shape index (κ3) is 2.27. The molecule has 0 bridgehead atoms. The SMILES string of the molecule is Cl.O=C(N[C@H]1CCNC1)C1(C(F)(F)F)CC1. The molecule has 94 valence electrons. The Bertz CT molecular complexity index is 272. The van der Waals surface area contributed by atoms with E-state index in [4.69, 9.17) is 0 Å². The number of carbonyl (C=O) groups excluding carboxylic acids is 1. The van der Waals surface area contributed by atoms with E-state index in [1.807, 2.05) is 0 Å². The van der Waals surface area contributed by atoms with Gasteiger partial charge < -0.3 is 10.6 Å². The molecule has 7 heteroatoms. The van der Waals surface area contributed by atoms with Gasteiger partial charge in [0.1, 0.15) is 5.41 Å². The van der Waals surface area contributed by atoms with Gasteiger partial charge >= 0.3 is 6.18 Å². The Hall–Kier alpha value is -0.490. The molecule has 1 saturated heterocycles. The summed E-state index contributed by atoms with van der Waals surface area (Å²) < 4.78 is 37.6. The quantitative estimate of drug-likeness (QED) is 0.782. The summed E-state index contributed by atoms with van der Waals surface area (Å²) in [5.74, 6) is -0.844. The van der Waals surface area contributed by atoms with Crippen molar-refractivity contribution in [3.05, 3.63) is 0 Å². The second-order valence-electron chi connectivity index (χ2n) is 4.24. The molecular weight excluding hydrogens is 245 g/mol. The van der Waals surface area contributed by atoms with Crippen LogP contribution in [0.2, 0.25) is 0 Å². The third-order valence-corrected chi connectivity index (χ3v) is 3.12. The number of nitrogens with one attached hydrogen (secondary N) is 2. The van der Waals surface area contributed by atoms with E-state index in [1.165, 1.54) is 0 Å². The van der Waals surface area contributed by atoms with Crippen LogP contribution in [-0.2, 0) is 4.79 Å². The number of amides is 1. The summed E-state index contributed by atoms with van der Waals surface area (Å²) in [7, 11) is 0. The first-order valence-corrected chi connectivity index (χ1v) is 5.04. The zero-order chi connectivity index (χ0) is 11.1. The first-order valence-electron chi connectivity index (χ1n) is 5.04. The van der Waals surface area contributed by atoms with Gasteiger partial charge in [-0.3, -0.25) is 4.79 Å². The molecule has 1 amide bonds. The second kappa shape index (κ2) is 4.41. The van der Waals surface area contributed by atoms with Crippen LogP contribution in [0.1, 0.15) is 19.3 Å². The van der Waals surface area contributed by atoms with Gasteiger partial charge in [0.15, 0.2) is 0 Å². The molecule has 0 aromatic rings. The van der Waals surface area contributed by atoms with Gasteiger partial charge in [0.2, 0.25) is 5.91 Å². The van der Waals surface area contributed by atoms with Crippen molar-refractivity contribution in [3.63, 3.8) is 0 Å². The first-order chi connectivity index (χ1) is 6.96. The van der Waals surface area contributed by atoms with Crippen molar-refractivity contribution >= 4 is 18.3 Å². The lowest BCUT2D eigenvalue weighted by atomic mass is 10.1. The van der Waals surface area contributed by atoms with Gasteiger partial charge in [0.25, 0.3) is 0 Å². The van der Waals surface area contributed by atoms with Gasteiger partial charge in [0.05, 0.1) is 0 Å². The predicted molar refractivity (Wildman–Crippen MR) is 54.4 cm³/mol. The zero-order valence-corrected chi connectivity index (χ0v) is 9.38. The molecule has 1 atom stereocenters. The lowest BCUT2D eigenvalue weighted by molar-refractivity contribution is -0.192. The average Bonchev–Trinajstić information content (AvgIpc) is 2.81. The highest BCUT2D eigenvalue weighted by Crippen LogP contribution is 2.57. The molecule has 16 heavy (non-hydrogen) atoms. The molecule has 0 spiro atoms. The van der Waals surface area contributed by atoms with Crippen molar-refractivity contribution < 1.29 is 18.0 Å². The number of hydrogen-bond donors (Lipinski definition) is 2. The lowest BCUT2D eigenvalue weighted by Gasteiger charge is -2.20. The van der Waals surface area contributed by atoms with Gasteiger partial charge in [-0.05, 0) is 25.8 Å². The summed E-state index contributed by atoms with van der Waals surface area (Å²) in [6, 6.07) is -0.141. The van der Waals surface area contributed by atoms with Crippen LogP contribution in [0.25, 0.3) is 0 Å². The van der Waals surface area contributed by atoms with Crippen LogP contribution in [-0.4, -0.2) is 31.2 Å². The lowest BCUT2D eigenvalue weighted by Crippen LogP contribution is -2.46. The summed E-state index contributed by atoms with van der Waals surface area (Å²) in [5.41, 5.74) is -2.07. The maximum absolute atomic E-state index is 12.5. The van der Waals surface area contributed by atoms with Crippen molar-refractivity contribution in [2.45, 2.75) is 31.5 Å². The van der Waals surface area contributed by atoms with E-state index < -0.39 is 17.5 Å². The van der Waals surface area contributed by atoms with Crippen molar-refractivity contribution in [1.82, 2.24) is 10.6 Å². The van der Waals surface area contributed by atoms with E-state index >= 15 is 0 Å². The molecule has 1 saturated carbocycles. The Morgan fingerprint density at radius 1 is 1.38 bits per heavy atom. The summed E-state index contributed by atoms with van der Waals surface area (Å²) in [6.45, 7) is 1.32. The van der Waals surface area contributed by atoms with Crippen molar-refractivity contribution in [2.24, 2.45) is 5.41 Å². The van der Waals surface area contributed by atoms with E-state index in [0.29, 0.717) is 13.0 Å². The monoisotopic (exact) mass is 258 g/mol. The Morgan fingerprint density at radius 2 is 2.00 bits per heavy atom. The Labute approximate surface area is 97.6 Å². The summed E-state index contributed by atoms with van der Waals surface area (Å²) in [5, 5.41) is 5.46. The fourth-order valence-corrected chi connectivity index (χ4v) is 1.87. The highest BCUT2D eigenvalue weighted by atomic mass is 35.5. The molecule has 2 aliphatic rings. The molecule has 1 heterocycles. The number of hydrogen-bond acceptors (Lipinski definition) is 2. The third-order valence-electron chi connectivity index (χ3n) is 3.12. The van der Waals surface area contributed by atoms with E-state index in [0.717, 1.165) is 6.54 Å². The van der Waals surface area contributed by atoms with E-state index in [9.17, 15) is 18.0 Å². The highest BCUT2D eigenvalue weighted by Gasteiger charge is 2.68. The number of alkyl halides is 3. The van der Waals surface area contributed by atoms with Crippen molar-refractivity contribution in [3.8, 4) is 0 Å². The maximum atomic E-state index is 12.5. The Morgan fingerprint density at radius 3 is 2.38 bits per heavy atom. The first kappa shape index (κ1) is 13.6. The molecule has 3 nitrogen and oxygen atoms in total. The van der Waals surface area contributed by atoms with Crippen LogP contribution in [0.15, 0.2) is 0 Å². The summed E-state index contributed by atoms with van der Waals surface area (Å²) >= 11 is 0. The molecule has 0 aromatic carbocycles. The predicted octanol–water partition coefficient (Wildman–Crippen LogP) is 1.23.